The maximum atomic E-state index is 5.63. The molecule has 1 aliphatic rings. The van der Waals surface area contributed by atoms with Crippen LogP contribution in [0, 0.1) is 0 Å². The number of halogens is 1. The fourth-order valence-corrected chi connectivity index (χ4v) is 1.41. The summed E-state index contributed by atoms with van der Waals surface area (Å²) in [6.45, 7) is 4.17. The number of likely N-dealkylation sites (tertiary alicyclic amines) is 1. The van der Waals surface area contributed by atoms with Crippen molar-refractivity contribution in [2.45, 2.75) is 25.8 Å². The topological polar surface area (TPSA) is 29.3 Å². The first-order chi connectivity index (χ1) is 4.72. The highest BCUT2D eigenvalue weighted by molar-refractivity contribution is 7.80. The lowest BCUT2D eigenvalue weighted by Crippen LogP contribution is -2.38. The maximum Gasteiger partial charge on any atom is 0.0946 e. The lowest BCUT2D eigenvalue weighted by molar-refractivity contribution is 0.511. The summed E-state index contributed by atoms with van der Waals surface area (Å²) < 4.78 is 0. The summed E-state index contributed by atoms with van der Waals surface area (Å²) in [5, 5.41) is 0. The molecular formula is C7H15ClN2S. The van der Waals surface area contributed by atoms with Crippen LogP contribution in [0.1, 0.15) is 19.8 Å². The average molecular weight is 195 g/mol. The molecule has 66 valence electrons. The summed E-state index contributed by atoms with van der Waals surface area (Å²) in [7, 11) is 0. The first kappa shape index (κ1) is 11.1. The SMILES string of the molecule is C[C@@H](N)C(=S)N1CCCC1.Cl. The van der Waals surface area contributed by atoms with E-state index in [1.54, 1.807) is 0 Å². The van der Waals surface area contributed by atoms with Gasteiger partial charge in [0.2, 0.25) is 0 Å². The molecule has 0 spiro atoms. The summed E-state index contributed by atoms with van der Waals surface area (Å²) in [6.07, 6.45) is 2.54. The van der Waals surface area contributed by atoms with Crippen LogP contribution >= 0.6 is 24.6 Å². The standard InChI is InChI=1S/C7H14N2S.ClH/c1-6(8)7(10)9-4-2-3-5-9;/h6H,2-5,8H2,1H3;1H/t6-;/m1./s1. The minimum Gasteiger partial charge on any atom is -0.365 e. The lowest BCUT2D eigenvalue weighted by atomic mass is 10.3. The largest absolute Gasteiger partial charge is 0.365 e. The molecule has 1 rings (SSSR count). The molecule has 1 saturated heterocycles. The Morgan fingerprint density at radius 2 is 1.91 bits per heavy atom. The normalized spacial score (nSPS) is 19.3. The summed E-state index contributed by atoms with van der Waals surface area (Å²) in [5.74, 6) is 0. The third-order valence-electron chi connectivity index (χ3n) is 1.81. The number of thiocarbonyl (C=S) groups is 1. The van der Waals surface area contributed by atoms with Crippen LogP contribution in [0.5, 0.6) is 0 Å². The van der Waals surface area contributed by atoms with E-state index in [1.807, 2.05) is 6.92 Å². The molecule has 0 bridgehead atoms. The van der Waals surface area contributed by atoms with Crippen molar-refractivity contribution in [3.05, 3.63) is 0 Å². The van der Waals surface area contributed by atoms with Crippen molar-refractivity contribution in [2.24, 2.45) is 5.73 Å². The minimum atomic E-state index is 0. The van der Waals surface area contributed by atoms with Crippen molar-refractivity contribution >= 4 is 29.6 Å². The number of nitrogens with two attached hydrogens (primary N) is 1. The molecule has 0 aromatic heterocycles. The second-order valence-electron chi connectivity index (χ2n) is 2.82. The van der Waals surface area contributed by atoms with Crippen LogP contribution in [-0.4, -0.2) is 29.0 Å². The van der Waals surface area contributed by atoms with E-state index in [0.29, 0.717) is 0 Å². The predicted molar refractivity (Wildman–Crippen MR) is 54.3 cm³/mol. The van der Waals surface area contributed by atoms with Gasteiger partial charge in [-0.05, 0) is 19.8 Å². The Hall–Kier alpha value is 0.140. The molecule has 11 heavy (non-hydrogen) atoms. The molecular weight excluding hydrogens is 180 g/mol. The van der Waals surface area contributed by atoms with Gasteiger partial charge in [-0.3, -0.25) is 0 Å². The smallest absolute Gasteiger partial charge is 0.0946 e. The van der Waals surface area contributed by atoms with Gasteiger partial charge in [0.25, 0.3) is 0 Å². The van der Waals surface area contributed by atoms with E-state index >= 15 is 0 Å². The van der Waals surface area contributed by atoms with Crippen LogP contribution in [0.4, 0.5) is 0 Å². The van der Waals surface area contributed by atoms with Crippen LogP contribution in [-0.2, 0) is 0 Å². The molecule has 2 nitrogen and oxygen atoms in total. The Labute approximate surface area is 79.5 Å². The van der Waals surface area contributed by atoms with Crippen LogP contribution in [0.25, 0.3) is 0 Å². The Morgan fingerprint density at radius 1 is 1.45 bits per heavy atom. The molecule has 0 radical (unpaired) electrons. The van der Waals surface area contributed by atoms with E-state index in [2.05, 4.69) is 4.90 Å². The van der Waals surface area contributed by atoms with Gasteiger partial charge >= 0.3 is 0 Å². The van der Waals surface area contributed by atoms with Crippen molar-refractivity contribution in [1.29, 1.82) is 0 Å². The summed E-state index contributed by atoms with van der Waals surface area (Å²) >= 11 is 5.14. The highest BCUT2D eigenvalue weighted by Crippen LogP contribution is 2.09. The Balaban J connectivity index is 0.000001000. The van der Waals surface area contributed by atoms with E-state index in [9.17, 15) is 0 Å². The van der Waals surface area contributed by atoms with E-state index < -0.39 is 0 Å². The molecule has 0 aromatic carbocycles. The molecule has 2 N–H and O–H groups in total. The van der Waals surface area contributed by atoms with E-state index in [-0.39, 0.29) is 18.4 Å². The maximum absolute atomic E-state index is 5.63. The molecule has 4 heteroatoms. The van der Waals surface area contributed by atoms with Crippen LogP contribution in [0.15, 0.2) is 0 Å². The van der Waals surface area contributed by atoms with Gasteiger partial charge in [0, 0.05) is 13.1 Å². The van der Waals surface area contributed by atoms with Crippen molar-refractivity contribution in [3.63, 3.8) is 0 Å². The molecule has 0 amide bonds. The predicted octanol–water partition coefficient (Wildman–Crippen LogP) is 1.18. The fourth-order valence-electron chi connectivity index (χ4n) is 1.23. The van der Waals surface area contributed by atoms with Crippen LogP contribution in [0.3, 0.4) is 0 Å². The molecule has 1 atom stereocenters. The Kier molecular flexibility index (Phi) is 4.97. The highest BCUT2D eigenvalue weighted by atomic mass is 35.5. The lowest BCUT2D eigenvalue weighted by Gasteiger charge is -2.20. The van der Waals surface area contributed by atoms with E-state index in [4.69, 9.17) is 18.0 Å². The third-order valence-corrected chi connectivity index (χ3v) is 2.44. The molecule has 0 unspecified atom stereocenters. The third kappa shape index (κ3) is 2.93. The summed E-state index contributed by atoms with van der Waals surface area (Å²) in [5.41, 5.74) is 5.63. The number of rotatable bonds is 1. The van der Waals surface area contributed by atoms with Gasteiger partial charge in [-0.1, -0.05) is 12.2 Å². The molecule has 0 aromatic rings. The quantitative estimate of drug-likeness (QED) is 0.636. The molecule has 1 aliphatic heterocycles. The Bertz CT molecular complexity index is 132. The average Bonchev–Trinajstić information content (AvgIpc) is 2.36. The second-order valence-corrected chi connectivity index (χ2v) is 3.24. The zero-order chi connectivity index (χ0) is 7.56. The van der Waals surface area contributed by atoms with Crippen LogP contribution in [0.2, 0.25) is 0 Å². The van der Waals surface area contributed by atoms with Crippen molar-refractivity contribution in [2.75, 3.05) is 13.1 Å². The molecule has 1 heterocycles. The highest BCUT2D eigenvalue weighted by Gasteiger charge is 2.16. The van der Waals surface area contributed by atoms with E-state index in [0.717, 1.165) is 18.1 Å². The van der Waals surface area contributed by atoms with Gasteiger partial charge in [-0.2, -0.15) is 0 Å². The number of nitrogens with zero attached hydrogens (tertiary/aromatic N) is 1. The Morgan fingerprint density at radius 3 is 2.27 bits per heavy atom. The van der Waals surface area contributed by atoms with Gasteiger partial charge in [-0.25, -0.2) is 0 Å². The minimum absolute atomic E-state index is 0. The van der Waals surface area contributed by atoms with Gasteiger partial charge in [0.1, 0.15) is 0 Å². The zero-order valence-electron chi connectivity index (χ0n) is 6.75. The molecule has 0 aliphatic carbocycles. The fraction of sp³-hybridized carbons (Fsp3) is 0.857. The molecule has 0 saturated carbocycles. The van der Waals surface area contributed by atoms with Crippen molar-refractivity contribution in [3.8, 4) is 0 Å². The monoisotopic (exact) mass is 194 g/mol. The molecule has 1 fully saturated rings. The summed E-state index contributed by atoms with van der Waals surface area (Å²) in [4.78, 5) is 3.14. The number of hydrogen-bond acceptors (Lipinski definition) is 2. The van der Waals surface area contributed by atoms with Crippen LogP contribution < -0.4 is 5.73 Å². The van der Waals surface area contributed by atoms with Crippen molar-refractivity contribution in [1.82, 2.24) is 4.90 Å². The first-order valence-corrected chi connectivity index (χ1v) is 4.17. The first-order valence-electron chi connectivity index (χ1n) is 3.76. The zero-order valence-corrected chi connectivity index (χ0v) is 8.38. The van der Waals surface area contributed by atoms with Gasteiger partial charge in [0.15, 0.2) is 0 Å². The van der Waals surface area contributed by atoms with Gasteiger partial charge in [-0.15, -0.1) is 12.4 Å². The number of hydrogen-bond donors (Lipinski definition) is 1. The second kappa shape index (κ2) is 4.91. The van der Waals surface area contributed by atoms with Gasteiger partial charge in [0.05, 0.1) is 11.0 Å². The van der Waals surface area contributed by atoms with Crippen molar-refractivity contribution < 1.29 is 0 Å². The van der Waals surface area contributed by atoms with E-state index in [1.165, 1.54) is 12.8 Å². The summed E-state index contributed by atoms with van der Waals surface area (Å²) in [6, 6.07) is 0.0492. The van der Waals surface area contributed by atoms with Gasteiger partial charge < -0.3 is 10.6 Å².